The van der Waals surface area contributed by atoms with Crippen LogP contribution < -0.4 is 10.5 Å². The standard InChI is InChI=1S/C17H18N2O.ClH/c1-20-16-9-5-8-14(12-16)10-11-17(18)19-13-15-6-3-2-4-7-15;/h2-12H,13H2,1H3,(H2,18,19);1H/b11-10+;. The lowest BCUT2D eigenvalue weighted by Gasteiger charge is -2.00. The van der Waals surface area contributed by atoms with Crippen LogP contribution in [-0.2, 0) is 6.54 Å². The molecule has 4 heteroatoms. The highest BCUT2D eigenvalue weighted by Crippen LogP contribution is 2.13. The molecule has 0 fully saturated rings. The smallest absolute Gasteiger partial charge is 0.119 e. The molecule has 21 heavy (non-hydrogen) atoms. The van der Waals surface area contributed by atoms with Gasteiger partial charge in [0.15, 0.2) is 0 Å². The Morgan fingerprint density at radius 3 is 2.62 bits per heavy atom. The molecule has 2 rings (SSSR count). The molecule has 0 atom stereocenters. The molecule has 2 aromatic rings. The summed E-state index contributed by atoms with van der Waals surface area (Å²) in [6, 6.07) is 17.8. The summed E-state index contributed by atoms with van der Waals surface area (Å²) >= 11 is 0. The molecule has 0 saturated carbocycles. The van der Waals surface area contributed by atoms with Crippen molar-refractivity contribution in [1.82, 2.24) is 0 Å². The molecule has 0 aliphatic carbocycles. The number of nitrogens with zero attached hydrogens (tertiary/aromatic N) is 1. The molecule has 110 valence electrons. The molecule has 0 heterocycles. The predicted molar refractivity (Wildman–Crippen MR) is 91.0 cm³/mol. The van der Waals surface area contributed by atoms with Gasteiger partial charge in [-0.15, -0.1) is 12.4 Å². The normalized spacial score (nSPS) is 11.2. The number of hydrogen-bond donors (Lipinski definition) is 1. The van der Waals surface area contributed by atoms with Crippen LogP contribution in [0.3, 0.4) is 0 Å². The Labute approximate surface area is 131 Å². The fraction of sp³-hybridized carbons (Fsp3) is 0.118. The van der Waals surface area contributed by atoms with E-state index in [-0.39, 0.29) is 12.4 Å². The van der Waals surface area contributed by atoms with E-state index in [9.17, 15) is 0 Å². The third-order valence-electron chi connectivity index (χ3n) is 2.83. The Bertz CT molecular complexity index is 609. The molecule has 0 unspecified atom stereocenters. The van der Waals surface area contributed by atoms with Crippen molar-refractivity contribution in [3.63, 3.8) is 0 Å². The van der Waals surface area contributed by atoms with Crippen molar-refractivity contribution in [2.45, 2.75) is 6.54 Å². The molecule has 3 nitrogen and oxygen atoms in total. The average Bonchev–Trinajstić information content (AvgIpc) is 2.52. The number of ether oxygens (including phenoxy) is 1. The fourth-order valence-corrected chi connectivity index (χ4v) is 1.75. The van der Waals surface area contributed by atoms with Crippen LogP contribution in [0.25, 0.3) is 6.08 Å². The molecule has 0 spiro atoms. The number of rotatable bonds is 5. The summed E-state index contributed by atoms with van der Waals surface area (Å²) in [5.74, 6) is 1.34. The second-order valence-electron chi connectivity index (χ2n) is 4.34. The van der Waals surface area contributed by atoms with Crippen molar-refractivity contribution >= 4 is 24.3 Å². The topological polar surface area (TPSA) is 47.6 Å². The Hall–Kier alpha value is -2.26. The Balaban J connectivity index is 0.00000220. The van der Waals surface area contributed by atoms with Gasteiger partial charge in [0.05, 0.1) is 13.7 Å². The molecule has 0 saturated heterocycles. The van der Waals surface area contributed by atoms with E-state index >= 15 is 0 Å². The molecule has 2 N–H and O–H groups in total. The maximum absolute atomic E-state index is 5.87. The van der Waals surface area contributed by atoms with Gasteiger partial charge in [0.25, 0.3) is 0 Å². The van der Waals surface area contributed by atoms with Crippen LogP contribution in [0.15, 0.2) is 65.7 Å². The van der Waals surface area contributed by atoms with E-state index in [1.54, 1.807) is 13.2 Å². The summed E-state index contributed by atoms with van der Waals surface area (Å²) in [6.07, 6.45) is 3.73. The fourth-order valence-electron chi connectivity index (χ4n) is 1.75. The van der Waals surface area contributed by atoms with Crippen LogP contribution in [0, 0.1) is 0 Å². The van der Waals surface area contributed by atoms with Gasteiger partial charge in [0.2, 0.25) is 0 Å². The second-order valence-corrected chi connectivity index (χ2v) is 4.34. The highest BCUT2D eigenvalue weighted by molar-refractivity contribution is 5.95. The largest absolute Gasteiger partial charge is 0.497 e. The van der Waals surface area contributed by atoms with Crippen molar-refractivity contribution in [3.05, 3.63) is 71.8 Å². The first-order valence-electron chi connectivity index (χ1n) is 6.44. The lowest BCUT2D eigenvalue weighted by molar-refractivity contribution is 0.414. The summed E-state index contributed by atoms with van der Waals surface area (Å²) in [4.78, 5) is 4.33. The number of hydrogen-bond acceptors (Lipinski definition) is 2. The van der Waals surface area contributed by atoms with Crippen LogP contribution >= 0.6 is 12.4 Å². The van der Waals surface area contributed by atoms with Crippen LogP contribution in [-0.4, -0.2) is 12.9 Å². The molecule has 0 aliphatic rings. The maximum atomic E-state index is 5.87. The number of nitrogens with two attached hydrogens (primary N) is 1. The minimum absolute atomic E-state index is 0. The van der Waals surface area contributed by atoms with Crippen LogP contribution in [0.4, 0.5) is 0 Å². The van der Waals surface area contributed by atoms with Crippen LogP contribution in [0.2, 0.25) is 0 Å². The number of halogens is 1. The van der Waals surface area contributed by atoms with Crippen molar-refractivity contribution in [2.24, 2.45) is 10.7 Å². The number of aliphatic imine (C=N–C) groups is 1. The SMILES string of the molecule is COc1cccc(/C=C/C(N)=NCc2ccccc2)c1.Cl. The van der Waals surface area contributed by atoms with Crippen molar-refractivity contribution < 1.29 is 4.74 Å². The van der Waals surface area contributed by atoms with E-state index in [2.05, 4.69) is 4.99 Å². The van der Waals surface area contributed by atoms with E-state index in [1.165, 1.54) is 0 Å². The van der Waals surface area contributed by atoms with Gasteiger partial charge in [-0.25, -0.2) is 0 Å². The van der Waals surface area contributed by atoms with E-state index in [1.807, 2.05) is 60.7 Å². The zero-order chi connectivity index (χ0) is 14.2. The van der Waals surface area contributed by atoms with E-state index in [0.717, 1.165) is 16.9 Å². The number of methoxy groups -OCH3 is 1. The quantitative estimate of drug-likeness (QED) is 0.676. The number of benzene rings is 2. The zero-order valence-electron chi connectivity index (χ0n) is 11.9. The van der Waals surface area contributed by atoms with Crippen molar-refractivity contribution in [3.8, 4) is 5.75 Å². The summed E-state index contributed by atoms with van der Waals surface area (Å²) in [5.41, 5.74) is 8.05. The van der Waals surface area contributed by atoms with Gasteiger partial charge in [-0.2, -0.15) is 0 Å². The lowest BCUT2D eigenvalue weighted by atomic mass is 10.2. The monoisotopic (exact) mass is 302 g/mol. The molecule has 0 bridgehead atoms. The third kappa shape index (κ3) is 5.71. The predicted octanol–water partition coefficient (Wildman–Crippen LogP) is 3.69. The van der Waals surface area contributed by atoms with Gasteiger partial charge in [-0.3, -0.25) is 4.99 Å². The van der Waals surface area contributed by atoms with Gasteiger partial charge in [0.1, 0.15) is 11.6 Å². The van der Waals surface area contributed by atoms with E-state index < -0.39 is 0 Å². The first-order valence-corrected chi connectivity index (χ1v) is 6.44. The molecule has 0 aromatic heterocycles. The van der Waals surface area contributed by atoms with Gasteiger partial charge in [-0.1, -0.05) is 48.5 Å². The van der Waals surface area contributed by atoms with Crippen LogP contribution in [0.5, 0.6) is 5.75 Å². The van der Waals surface area contributed by atoms with E-state index in [0.29, 0.717) is 12.4 Å². The highest BCUT2D eigenvalue weighted by Gasteiger charge is 1.93. The van der Waals surface area contributed by atoms with Gasteiger partial charge >= 0.3 is 0 Å². The minimum Gasteiger partial charge on any atom is -0.497 e. The Kier molecular flexibility index (Phi) is 7.05. The summed E-state index contributed by atoms with van der Waals surface area (Å²) in [7, 11) is 1.65. The first-order chi connectivity index (χ1) is 9.78. The molecular weight excluding hydrogens is 284 g/mol. The molecule has 0 radical (unpaired) electrons. The minimum atomic E-state index is 0. The molecule has 2 aromatic carbocycles. The van der Waals surface area contributed by atoms with Gasteiger partial charge in [0, 0.05) is 0 Å². The lowest BCUT2D eigenvalue weighted by Crippen LogP contribution is -2.07. The molecule has 0 aliphatic heterocycles. The molecule has 0 amide bonds. The van der Waals surface area contributed by atoms with Gasteiger partial charge in [-0.05, 0) is 29.3 Å². The Morgan fingerprint density at radius 1 is 1.14 bits per heavy atom. The maximum Gasteiger partial charge on any atom is 0.119 e. The van der Waals surface area contributed by atoms with Crippen molar-refractivity contribution in [1.29, 1.82) is 0 Å². The zero-order valence-corrected chi connectivity index (χ0v) is 12.7. The number of amidine groups is 1. The highest BCUT2D eigenvalue weighted by atomic mass is 35.5. The van der Waals surface area contributed by atoms with Gasteiger partial charge < -0.3 is 10.5 Å². The first kappa shape index (κ1) is 16.8. The van der Waals surface area contributed by atoms with Crippen LogP contribution in [0.1, 0.15) is 11.1 Å². The summed E-state index contributed by atoms with van der Waals surface area (Å²) < 4.78 is 5.17. The third-order valence-corrected chi connectivity index (χ3v) is 2.83. The molecular formula is C17H19ClN2O. The Morgan fingerprint density at radius 2 is 1.90 bits per heavy atom. The average molecular weight is 303 g/mol. The summed E-state index contributed by atoms with van der Waals surface area (Å²) in [6.45, 7) is 0.592. The second kappa shape index (κ2) is 8.82. The summed E-state index contributed by atoms with van der Waals surface area (Å²) in [5, 5.41) is 0. The van der Waals surface area contributed by atoms with E-state index in [4.69, 9.17) is 10.5 Å². The van der Waals surface area contributed by atoms with Crippen molar-refractivity contribution in [2.75, 3.05) is 7.11 Å².